The zero-order valence-electron chi connectivity index (χ0n) is 16.1. The maximum Gasteiger partial charge on any atom is 0.255 e. The van der Waals surface area contributed by atoms with Gasteiger partial charge in [-0.25, -0.2) is 8.42 Å². The van der Waals surface area contributed by atoms with Crippen molar-refractivity contribution in [3.05, 3.63) is 54.1 Å². The van der Waals surface area contributed by atoms with E-state index in [9.17, 15) is 18.0 Å². The second-order valence-corrected chi connectivity index (χ2v) is 8.42. The van der Waals surface area contributed by atoms with Gasteiger partial charge in [-0.2, -0.15) is 4.31 Å². The topological polar surface area (TPSA) is 105 Å². The maximum atomic E-state index is 12.6. The van der Waals surface area contributed by atoms with Crippen LogP contribution in [0, 0.1) is 0 Å². The SMILES string of the molecule is CCC(=O)Nc1cccc(C(=O)Nc2ccc(S(=O)(=O)N3CCOCC3)cc2)c1. The summed E-state index contributed by atoms with van der Waals surface area (Å²) in [7, 11) is -3.58. The average molecular weight is 417 g/mol. The smallest absolute Gasteiger partial charge is 0.255 e. The summed E-state index contributed by atoms with van der Waals surface area (Å²) in [6.45, 7) is 3.16. The molecule has 1 fully saturated rings. The molecule has 3 rings (SSSR count). The zero-order chi connectivity index (χ0) is 20.9. The molecule has 0 saturated carbocycles. The Bertz CT molecular complexity index is 983. The molecule has 1 saturated heterocycles. The highest BCUT2D eigenvalue weighted by atomic mass is 32.2. The Hall–Kier alpha value is -2.75. The highest BCUT2D eigenvalue weighted by Gasteiger charge is 2.26. The molecule has 1 aliphatic rings. The van der Waals surface area contributed by atoms with Gasteiger partial charge in [0, 0.05) is 36.4 Å². The van der Waals surface area contributed by atoms with Crippen LogP contribution in [-0.4, -0.2) is 50.8 Å². The number of carbonyl (C=O) groups excluding carboxylic acids is 2. The minimum atomic E-state index is -3.58. The lowest BCUT2D eigenvalue weighted by atomic mass is 10.1. The molecule has 2 aromatic rings. The van der Waals surface area contributed by atoms with E-state index >= 15 is 0 Å². The summed E-state index contributed by atoms with van der Waals surface area (Å²) in [6, 6.07) is 12.6. The fourth-order valence-corrected chi connectivity index (χ4v) is 4.25. The summed E-state index contributed by atoms with van der Waals surface area (Å²) in [4.78, 5) is 24.2. The van der Waals surface area contributed by atoms with Crippen LogP contribution in [0.3, 0.4) is 0 Å². The molecule has 2 N–H and O–H groups in total. The number of hydrogen-bond donors (Lipinski definition) is 2. The number of hydrogen-bond acceptors (Lipinski definition) is 5. The van der Waals surface area contributed by atoms with E-state index in [1.54, 1.807) is 43.3 Å². The number of benzene rings is 2. The molecule has 1 aliphatic heterocycles. The van der Waals surface area contributed by atoms with Crippen molar-refractivity contribution >= 4 is 33.2 Å². The molecule has 0 bridgehead atoms. The van der Waals surface area contributed by atoms with Gasteiger partial charge in [0.1, 0.15) is 0 Å². The third-order valence-corrected chi connectivity index (χ3v) is 6.36. The third kappa shape index (κ3) is 5.20. The Labute approximate surface area is 169 Å². The van der Waals surface area contributed by atoms with E-state index in [2.05, 4.69) is 10.6 Å². The first-order chi connectivity index (χ1) is 13.9. The summed E-state index contributed by atoms with van der Waals surface area (Å²) >= 11 is 0. The predicted octanol–water partition coefficient (Wildman–Crippen LogP) is 2.31. The number of ether oxygens (including phenoxy) is 1. The molecular formula is C20H23N3O5S. The van der Waals surface area contributed by atoms with E-state index in [-0.39, 0.29) is 16.7 Å². The molecule has 1 heterocycles. The molecule has 154 valence electrons. The van der Waals surface area contributed by atoms with E-state index in [0.29, 0.717) is 49.7 Å². The van der Waals surface area contributed by atoms with Crippen LogP contribution in [0.25, 0.3) is 0 Å². The van der Waals surface area contributed by atoms with Crippen molar-refractivity contribution in [1.29, 1.82) is 0 Å². The van der Waals surface area contributed by atoms with Crippen molar-refractivity contribution in [3.8, 4) is 0 Å². The van der Waals surface area contributed by atoms with Crippen molar-refractivity contribution in [3.63, 3.8) is 0 Å². The summed E-state index contributed by atoms with van der Waals surface area (Å²) in [5.41, 5.74) is 1.39. The lowest BCUT2D eigenvalue weighted by molar-refractivity contribution is -0.115. The standard InChI is InChI=1S/C20H23N3O5S/c1-2-19(24)21-17-5-3-4-15(14-17)20(25)22-16-6-8-18(9-7-16)29(26,27)23-10-12-28-13-11-23/h3-9,14H,2,10-13H2,1H3,(H,21,24)(H,22,25). The second kappa shape index (κ2) is 9.17. The van der Waals surface area contributed by atoms with Crippen LogP contribution in [0.5, 0.6) is 0 Å². The van der Waals surface area contributed by atoms with Crippen molar-refractivity contribution in [2.45, 2.75) is 18.2 Å². The van der Waals surface area contributed by atoms with Gasteiger partial charge < -0.3 is 15.4 Å². The van der Waals surface area contributed by atoms with Gasteiger partial charge in [0.25, 0.3) is 5.91 Å². The highest BCUT2D eigenvalue weighted by Crippen LogP contribution is 2.20. The quantitative estimate of drug-likeness (QED) is 0.750. The molecule has 0 radical (unpaired) electrons. The minimum absolute atomic E-state index is 0.139. The van der Waals surface area contributed by atoms with E-state index in [4.69, 9.17) is 4.74 Å². The van der Waals surface area contributed by atoms with Crippen LogP contribution in [0.4, 0.5) is 11.4 Å². The largest absolute Gasteiger partial charge is 0.379 e. The highest BCUT2D eigenvalue weighted by molar-refractivity contribution is 7.89. The van der Waals surface area contributed by atoms with Crippen LogP contribution < -0.4 is 10.6 Å². The number of nitrogens with zero attached hydrogens (tertiary/aromatic N) is 1. The van der Waals surface area contributed by atoms with Crippen LogP contribution in [0.15, 0.2) is 53.4 Å². The van der Waals surface area contributed by atoms with Gasteiger partial charge in [0.05, 0.1) is 18.1 Å². The lowest BCUT2D eigenvalue weighted by Gasteiger charge is -2.26. The van der Waals surface area contributed by atoms with Gasteiger partial charge in [-0.1, -0.05) is 13.0 Å². The van der Waals surface area contributed by atoms with E-state index in [1.807, 2.05) is 0 Å². The number of anilines is 2. The number of sulfonamides is 1. The third-order valence-electron chi connectivity index (χ3n) is 4.45. The van der Waals surface area contributed by atoms with Crippen molar-refractivity contribution < 1.29 is 22.7 Å². The zero-order valence-corrected chi connectivity index (χ0v) is 16.9. The number of morpholine rings is 1. The predicted molar refractivity (Wildman–Crippen MR) is 109 cm³/mol. The minimum Gasteiger partial charge on any atom is -0.379 e. The Kier molecular flexibility index (Phi) is 6.63. The Morgan fingerprint density at radius 1 is 1.00 bits per heavy atom. The first-order valence-electron chi connectivity index (χ1n) is 9.29. The van der Waals surface area contributed by atoms with Crippen LogP contribution in [0.2, 0.25) is 0 Å². The summed E-state index contributed by atoms with van der Waals surface area (Å²) < 4.78 is 31.9. The molecule has 2 amide bonds. The van der Waals surface area contributed by atoms with E-state index in [1.165, 1.54) is 16.4 Å². The molecule has 0 atom stereocenters. The molecule has 29 heavy (non-hydrogen) atoms. The van der Waals surface area contributed by atoms with Gasteiger partial charge in [-0.15, -0.1) is 0 Å². The maximum absolute atomic E-state index is 12.6. The van der Waals surface area contributed by atoms with Crippen molar-refractivity contribution in [2.75, 3.05) is 36.9 Å². The summed E-state index contributed by atoms with van der Waals surface area (Å²) in [5.74, 6) is -0.499. The van der Waals surface area contributed by atoms with Crippen LogP contribution >= 0.6 is 0 Å². The number of carbonyl (C=O) groups is 2. The molecule has 0 spiro atoms. The summed E-state index contributed by atoms with van der Waals surface area (Å²) in [6.07, 6.45) is 0.343. The Balaban J connectivity index is 1.69. The number of amides is 2. The molecule has 9 heteroatoms. The molecule has 0 aliphatic carbocycles. The Morgan fingerprint density at radius 3 is 2.34 bits per heavy atom. The van der Waals surface area contributed by atoms with Gasteiger partial charge in [0.15, 0.2) is 0 Å². The van der Waals surface area contributed by atoms with Gasteiger partial charge in [-0.05, 0) is 42.5 Å². The second-order valence-electron chi connectivity index (χ2n) is 6.48. The van der Waals surface area contributed by atoms with Crippen molar-refractivity contribution in [2.24, 2.45) is 0 Å². The number of rotatable bonds is 6. The van der Waals surface area contributed by atoms with Gasteiger partial charge in [-0.3, -0.25) is 9.59 Å². The molecule has 8 nitrogen and oxygen atoms in total. The lowest BCUT2D eigenvalue weighted by Crippen LogP contribution is -2.40. The fraction of sp³-hybridized carbons (Fsp3) is 0.300. The van der Waals surface area contributed by atoms with Gasteiger partial charge in [0.2, 0.25) is 15.9 Å². The van der Waals surface area contributed by atoms with Gasteiger partial charge >= 0.3 is 0 Å². The molecule has 0 unspecified atom stereocenters. The normalized spacial score (nSPS) is 14.9. The monoisotopic (exact) mass is 417 g/mol. The summed E-state index contributed by atoms with van der Waals surface area (Å²) in [5, 5.41) is 5.44. The molecule has 2 aromatic carbocycles. The van der Waals surface area contributed by atoms with Crippen LogP contribution in [-0.2, 0) is 19.6 Å². The average Bonchev–Trinajstić information content (AvgIpc) is 2.75. The number of nitrogens with one attached hydrogen (secondary N) is 2. The first-order valence-corrected chi connectivity index (χ1v) is 10.7. The first kappa shape index (κ1) is 21.0. The Morgan fingerprint density at radius 2 is 1.69 bits per heavy atom. The van der Waals surface area contributed by atoms with E-state index in [0.717, 1.165) is 0 Å². The van der Waals surface area contributed by atoms with Crippen molar-refractivity contribution in [1.82, 2.24) is 4.31 Å². The fourth-order valence-electron chi connectivity index (χ4n) is 2.84. The molecular weight excluding hydrogens is 394 g/mol. The van der Waals surface area contributed by atoms with Crippen LogP contribution in [0.1, 0.15) is 23.7 Å². The molecule has 0 aromatic heterocycles. The van der Waals surface area contributed by atoms with E-state index < -0.39 is 10.0 Å².